The molecule has 2 aromatic carbocycles. The lowest BCUT2D eigenvalue weighted by Crippen LogP contribution is -2.54. The Morgan fingerprint density at radius 1 is 0.814 bits per heavy atom. The van der Waals surface area contributed by atoms with Crippen LogP contribution in [0, 0.1) is 5.92 Å². The quantitative estimate of drug-likeness (QED) is 0.254. The van der Waals surface area contributed by atoms with E-state index in [1.807, 2.05) is 23.1 Å². The predicted octanol–water partition coefficient (Wildman–Crippen LogP) is 3.02. The van der Waals surface area contributed by atoms with Crippen molar-refractivity contribution in [3.63, 3.8) is 0 Å². The summed E-state index contributed by atoms with van der Waals surface area (Å²) in [5.74, 6) is -0.531. The number of rotatable bonds is 10. The first-order valence-corrected chi connectivity index (χ1v) is 21.0. The van der Waals surface area contributed by atoms with Crippen molar-refractivity contribution in [3.05, 3.63) is 71.0 Å². The standard InChI is InChI=1S/C43H50N10O6/c44-39(56)38-40(47-35(22-45-38)51-16-1-3-31(25-51)52-17-2-4-37(52)55)46-29-7-5-27(6-8-29)28-14-18-49(19-15-28)23-26-13-20-50(24-26)30-9-10-32-33(21-30)43(59)53(42(32)58)34-11-12-36(54)48-41(34)57/h5-10,21-22,26,28,31,34H,1-4,11-20,23-25H2,(H2,44,56)(H,46,47)(H,48,54,57)/t26-,31?,34?/m0/s1. The molecule has 6 amide bonds. The summed E-state index contributed by atoms with van der Waals surface area (Å²) >= 11 is 0. The summed E-state index contributed by atoms with van der Waals surface area (Å²) in [6, 6.07) is 12.8. The maximum absolute atomic E-state index is 13.4. The molecule has 0 saturated carbocycles. The number of amides is 6. The van der Waals surface area contributed by atoms with E-state index >= 15 is 0 Å². The number of fused-ring (bicyclic) bond motifs is 1. The SMILES string of the molecule is NC(=O)c1ncc(N2CCCC(N3CCCC3=O)C2)nc1Nc1ccc(C2CCN(C[C@@H]3CCN(c4ccc5c(c4)C(=O)N(C4CCC(=O)NC4=O)C5=O)C3)CC2)cc1. The molecule has 16 nitrogen and oxygen atoms in total. The van der Waals surface area contributed by atoms with Crippen molar-refractivity contribution in [2.45, 2.75) is 75.8 Å². The van der Waals surface area contributed by atoms with Gasteiger partial charge in [-0.2, -0.15) is 0 Å². The van der Waals surface area contributed by atoms with Crippen molar-refractivity contribution in [1.82, 2.24) is 30.0 Å². The number of hydrogen-bond donors (Lipinski definition) is 3. The number of nitrogens with one attached hydrogen (secondary N) is 2. The predicted molar refractivity (Wildman–Crippen MR) is 218 cm³/mol. The first-order valence-electron chi connectivity index (χ1n) is 21.0. The Morgan fingerprint density at radius 3 is 2.36 bits per heavy atom. The summed E-state index contributed by atoms with van der Waals surface area (Å²) in [7, 11) is 0. The molecule has 5 saturated heterocycles. The maximum Gasteiger partial charge on any atom is 0.271 e. The fourth-order valence-corrected chi connectivity index (χ4v) is 9.93. The summed E-state index contributed by atoms with van der Waals surface area (Å²) in [5, 5.41) is 5.55. The molecule has 0 bridgehead atoms. The van der Waals surface area contributed by atoms with Gasteiger partial charge in [-0.05, 0) is 106 Å². The van der Waals surface area contributed by atoms with E-state index in [0.29, 0.717) is 47.6 Å². The Bertz CT molecular complexity index is 2190. The third kappa shape index (κ3) is 7.73. The number of anilines is 4. The minimum atomic E-state index is -0.976. The van der Waals surface area contributed by atoms with Crippen LogP contribution in [0.2, 0.25) is 0 Å². The fraction of sp³-hybridized carbons (Fsp3) is 0.488. The Balaban J connectivity index is 0.772. The van der Waals surface area contributed by atoms with Crippen molar-refractivity contribution in [2.75, 3.05) is 67.5 Å². The number of aromatic nitrogens is 2. The molecule has 0 aliphatic carbocycles. The molecular formula is C43H50N10O6. The third-order valence-corrected chi connectivity index (χ3v) is 13.1. The Morgan fingerprint density at radius 2 is 1.61 bits per heavy atom. The molecule has 6 aliphatic rings. The van der Waals surface area contributed by atoms with Crippen molar-refractivity contribution in [3.8, 4) is 0 Å². The topological polar surface area (TPSA) is 194 Å². The van der Waals surface area contributed by atoms with E-state index in [0.717, 1.165) is 101 Å². The highest BCUT2D eigenvalue weighted by Gasteiger charge is 2.45. The van der Waals surface area contributed by atoms with Crippen LogP contribution < -0.4 is 26.2 Å². The van der Waals surface area contributed by atoms with Crippen LogP contribution in [0.25, 0.3) is 0 Å². The minimum Gasteiger partial charge on any atom is -0.371 e. The summed E-state index contributed by atoms with van der Waals surface area (Å²) in [5.41, 5.74) is 9.35. The second-order valence-electron chi connectivity index (χ2n) is 16.8. The fourth-order valence-electron chi connectivity index (χ4n) is 9.93. The van der Waals surface area contributed by atoms with Gasteiger partial charge in [0.05, 0.1) is 17.3 Å². The van der Waals surface area contributed by atoms with E-state index < -0.39 is 35.6 Å². The second-order valence-corrected chi connectivity index (χ2v) is 16.8. The van der Waals surface area contributed by atoms with Gasteiger partial charge in [-0.15, -0.1) is 0 Å². The zero-order valence-electron chi connectivity index (χ0n) is 33.1. The van der Waals surface area contributed by atoms with Crippen molar-refractivity contribution < 1.29 is 28.8 Å². The van der Waals surface area contributed by atoms with Crippen LogP contribution in [0.4, 0.5) is 23.0 Å². The van der Waals surface area contributed by atoms with Crippen LogP contribution in [0.15, 0.2) is 48.7 Å². The molecule has 3 atom stereocenters. The van der Waals surface area contributed by atoms with Crippen LogP contribution in [0.3, 0.4) is 0 Å². The number of benzene rings is 2. The van der Waals surface area contributed by atoms with Gasteiger partial charge in [0.25, 0.3) is 17.7 Å². The largest absolute Gasteiger partial charge is 0.371 e. The van der Waals surface area contributed by atoms with E-state index in [9.17, 15) is 28.8 Å². The van der Waals surface area contributed by atoms with Gasteiger partial charge in [-0.1, -0.05) is 12.1 Å². The summed E-state index contributed by atoms with van der Waals surface area (Å²) in [6.45, 7) is 6.99. The number of carbonyl (C=O) groups is 6. The highest BCUT2D eigenvalue weighted by molar-refractivity contribution is 6.23. The number of piperidine rings is 3. The van der Waals surface area contributed by atoms with Gasteiger partial charge >= 0.3 is 0 Å². The molecule has 4 N–H and O–H groups in total. The van der Waals surface area contributed by atoms with E-state index in [1.54, 1.807) is 18.3 Å². The minimum absolute atomic E-state index is 0.0797. The monoisotopic (exact) mass is 802 g/mol. The first-order chi connectivity index (χ1) is 28.6. The van der Waals surface area contributed by atoms with E-state index in [4.69, 9.17) is 10.7 Å². The second kappa shape index (κ2) is 16.0. The van der Waals surface area contributed by atoms with Gasteiger partial charge in [0.15, 0.2) is 11.5 Å². The van der Waals surface area contributed by atoms with Crippen LogP contribution in [-0.4, -0.2) is 125 Å². The Labute approximate surface area is 342 Å². The summed E-state index contributed by atoms with van der Waals surface area (Å²) in [6.07, 6.45) is 8.38. The van der Waals surface area contributed by atoms with E-state index in [-0.39, 0.29) is 30.5 Å². The van der Waals surface area contributed by atoms with Crippen LogP contribution >= 0.6 is 0 Å². The molecule has 16 heteroatoms. The molecule has 1 aromatic heterocycles. The molecule has 308 valence electrons. The van der Waals surface area contributed by atoms with Gasteiger partial charge in [-0.25, -0.2) is 9.97 Å². The number of carbonyl (C=O) groups excluding carboxylic acids is 6. The molecular weight excluding hydrogens is 753 g/mol. The van der Waals surface area contributed by atoms with Gasteiger partial charge in [-0.3, -0.25) is 39.0 Å². The molecule has 6 aliphatic heterocycles. The van der Waals surface area contributed by atoms with Crippen LogP contribution in [0.1, 0.15) is 100 Å². The van der Waals surface area contributed by atoms with Gasteiger partial charge in [0, 0.05) is 69.5 Å². The number of nitrogens with zero attached hydrogens (tertiary/aromatic N) is 7. The molecule has 59 heavy (non-hydrogen) atoms. The average Bonchev–Trinajstić information content (AvgIpc) is 3.96. The Hall–Kier alpha value is -5.90. The third-order valence-electron chi connectivity index (χ3n) is 13.1. The number of primary amides is 1. The average molecular weight is 803 g/mol. The van der Waals surface area contributed by atoms with E-state index in [1.165, 1.54) is 5.56 Å². The number of likely N-dealkylation sites (tertiary alicyclic amines) is 2. The molecule has 5 fully saturated rings. The molecule has 0 radical (unpaired) electrons. The van der Waals surface area contributed by atoms with Gasteiger partial charge < -0.3 is 30.7 Å². The van der Waals surface area contributed by atoms with Crippen molar-refractivity contribution >= 4 is 58.5 Å². The molecule has 3 aromatic rings. The molecule has 9 rings (SSSR count). The lowest BCUT2D eigenvalue weighted by molar-refractivity contribution is -0.136. The van der Waals surface area contributed by atoms with Gasteiger partial charge in [0.2, 0.25) is 17.7 Å². The van der Waals surface area contributed by atoms with Crippen molar-refractivity contribution in [2.24, 2.45) is 11.7 Å². The van der Waals surface area contributed by atoms with Crippen LogP contribution in [-0.2, 0) is 14.4 Å². The number of nitrogens with two attached hydrogens (primary N) is 1. The summed E-state index contributed by atoms with van der Waals surface area (Å²) < 4.78 is 0. The van der Waals surface area contributed by atoms with E-state index in [2.05, 4.69) is 42.5 Å². The molecule has 2 unspecified atom stereocenters. The maximum atomic E-state index is 13.4. The molecule has 0 spiro atoms. The highest BCUT2D eigenvalue weighted by Crippen LogP contribution is 2.35. The zero-order valence-corrected chi connectivity index (χ0v) is 33.1. The lowest BCUT2D eigenvalue weighted by atomic mass is 9.89. The van der Waals surface area contributed by atoms with Gasteiger partial charge in [0.1, 0.15) is 11.9 Å². The van der Waals surface area contributed by atoms with Crippen LogP contribution in [0.5, 0.6) is 0 Å². The van der Waals surface area contributed by atoms with Crippen molar-refractivity contribution in [1.29, 1.82) is 0 Å². The lowest BCUT2D eigenvalue weighted by Gasteiger charge is -2.38. The highest BCUT2D eigenvalue weighted by atomic mass is 16.2. The molecule has 7 heterocycles. The zero-order chi connectivity index (χ0) is 40.8. The smallest absolute Gasteiger partial charge is 0.271 e. The number of hydrogen-bond acceptors (Lipinski definition) is 12. The first kappa shape index (κ1) is 38.6. The number of imide groups is 2. The summed E-state index contributed by atoms with van der Waals surface area (Å²) in [4.78, 5) is 94.6. The Kier molecular flexibility index (Phi) is 10.5. The normalized spacial score (nSPS) is 24.3.